The summed E-state index contributed by atoms with van der Waals surface area (Å²) in [6.45, 7) is 14.6. The fraction of sp³-hybridized carbons (Fsp3) is 0.514. The van der Waals surface area contributed by atoms with E-state index in [-0.39, 0.29) is 5.96 Å². The van der Waals surface area contributed by atoms with E-state index >= 15 is 0 Å². The number of fused-ring (bicyclic) bond motifs is 1. The number of nitrogens with one attached hydrogen (secondary N) is 1. The largest absolute Gasteiger partial charge is 0.493 e. The summed E-state index contributed by atoms with van der Waals surface area (Å²) < 4.78 is 33.9. The lowest BCUT2D eigenvalue weighted by Gasteiger charge is -2.27. The van der Waals surface area contributed by atoms with Crippen LogP contribution in [0.2, 0.25) is 0 Å². The molecule has 2 aromatic carbocycles. The van der Waals surface area contributed by atoms with E-state index in [1.807, 2.05) is 37.3 Å². The maximum atomic E-state index is 12.7. The Bertz CT molecular complexity index is 1640. The van der Waals surface area contributed by atoms with Crippen LogP contribution in [0.3, 0.4) is 0 Å². The molecule has 0 aliphatic carbocycles. The SMILES string of the molecule is Cc1cc(-c2noc([C@@H]3CCCN3C(=NC(=O)OC(C)(C)C)NC(=O)OC(C)(C)C)n2)ccc1OCCCc1ccc2c(c1)OCCO2. The molecule has 1 atom stereocenters. The number of aryl methyl sites for hydroxylation is 2. The quantitative estimate of drug-likeness (QED) is 0.162. The molecule has 2 aliphatic rings. The van der Waals surface area contributed by atoms with Crippen LogP contribution in [0.15, 0.2) is 45.9 Å². The summed E-state index contributed by atoms with van der Waals surface area (Å²) in [7, 11) is 0. The lowest BCUT2D eigenvalue weighted by molar-refractivity contribution is 0.0553. The molecule has 3 heterocycles. The molecule has 5 rings (SSSR count). The minimum Gasteiger partial charge on any atom is -0.493 e. The second-order valence-electron chi connectivity index (χ2n) is 13.8. The van der Waals surface area contributed by atoms with E-state index in [0.717, 1.165) is 47.6 Å². The number of carbonyl (C=O) groups is 2. The van der Waals surface area contributed by atoms with Gasteiger partial charge in [-0.2, -0.15) is 4.98 Å². The minimum absolute atomic E-state index is 0.00734. The first-order chi connectivity index (χ1) is 22.7. The smallest absolute Gasteiger partial charge is 0.437 e. The summed E-state index contributed by atoms with van der Waals surface area (Å²) in [5.41, 5.74) is 1.36. The van der Waals surface area contributed by atoms with Crippen molar-refractivity contribution in [3.05, 3.63) is 53.4 Å². The summed E-state index contributed by atoms with van der Waals surface area (Å²) in [5.74, 6) is 3.11. The van der Waals surface area contributed by atoms with E-state index in [4.69, 9.17) is 28.2 Å². The van der Waals surface area contributed by atoms with Crippen molar-refractivity contribution in [3.8, 4) is 28.6 Å². The molecule has 3 aromatic rings. The highest BCUT2D eigenvalue weighted by atomic mass is 16.6. The molecule has 1 saturated heterocycles. The second-order valence-corrected chi connectivity index (χ2v) is 13.8. The van der Waals surface area contributed by atoms with Crippen molar-refractivity contribution in [1.82, 2.24) is 20.4 Å². The summed E-state index contributed by atoms with van der Waals surface area (Å²) in [6.07, 6.45) is 1.49. The molecule has 0 saturated carbocycles. The summed E-state index contributed by atoms with van der Waals surface area (Å²) in [4.78, 5) is 35.9. The summed E-state index contributed by atoms with van der Waals surface area (Å²) in [6, 6.07) is 11.4. The van der Waals surface area contributed by atoms with Crippen molar-refractivity contribution in [2.45, 2.75) is 91.4 Å². The summed E-state index contributed by atoms with van der Waals surface area (Å²) >= 11 is 0. The predicted octanol–water partition coefficient (Wildman–Crippen LogP) is 6.78. The van der Waals surface area contributed by atoms with Gasteiger partial charge in [-0.3, -0.25) is 5.32 Å². The molecule has 0 radical (unpaired) electrons. The van der Waals surface area contributed by atoms with Crippen LogP contribution in [-0.2, 0) is 15.9 Å². The van der Waals surface area contributed by atoms with Crippen molar-refractivity contribution in [3.63, 3.8) is 0 Å². The van der Waals surface area contributed by atoms with Crippen molar-refractivity contribution >= 4 is 18.1 Å². The topological polar surface area (TPSA) is 147 Å². The van der Waals surface area contributed by atoms with E-state index in [0.29, 0.717) is 44.5 Å². The molecule has 0 unspecified atom stereocenters. The molecule has 2 aliphatic heterocycles. The highest BCUT2D eigenvalue weighted by Gasteiger charge is 2.35. The standard InChI is InChI=1S/C35H45N5O8/c1-22-20-24(13-15-26(22)43-17-9-10-23-12-14-27-28(21-23)45-19-18-44-27)29-36-30(48-39-29)25-11-8-16-40(25)31(37-32(41)46-34(2,3)4)38-33(42)47-35(5,6)7/h12-15,20-21,25H,8-11,16-19H2,1-7H3,(H,37,38,41,42)/t25-/m0/s1. The average molecular weight is 664 g/mol. The van der Waals surface area contributed by atoms with Crippen LogP contribution in [0, 0.1) is 6.92 Å². The van der Waals surface area contributed by atoms with E-state index in [9.17, 15) is 9.59 Å². The fourth-order valence-electron chi connectivity index (χ4n) is 5.35. The number of nitrogens with zero attached hydrogens (tertiary/aromatic N) is 4. The third kappa shape index (κ3) is 9.39. The first-order valence-electron chi connectivity index (χ1n) is 16.3. The van der Waals surface area contributed by atoms with Gasteiger partial charge < -0.3 is 33.1 Å². The molecule has 13 nitrogen and oxygen atoms in total. The fourth-order valence-corrected chi connectivity index (χ4v) is 5.35. The average Bonchev–Trinajstić information content (AvgIpc) is 3.68. The van der Waals surface area contributed by atoms with Crippen LogP contribution < -0.4 is 19.5 Å². The molecule has 1 aromatic heterocycles. The van der Waals surface area contributed by atoms with Crippen molar-refractivity contribution in [1.29, 1.82) is 0 Å². The van der Waals surface area contributed by atoms with Crippen LogP contribution in [-0.4, -0.2) is 70.8 Å². The number of rotatable bonds is 7. The monoisotopic (exact) mass is 663 g/mol. The number of ether oxygens (including phenoxy) is 5. The van der Waals surface area contributed by atoms with Gasteiger partial charge in [0.25, 0.3) is 0 Å². The van der Waals surface area contributed by atoms with Gasteiger partial charge in [-0.15, -0.1) is 4.99 Å². The zero-order valence-corrected chi connectivity index (χ0v) is 28.8. The molecule has 0 spiro atoms. The van der Waals surface area contributed by atoms with Crippen molar-refractivity contribution < 1.29 is 37.8 Å². The Hall–Kier alpha value is -4.81. The maximum absolute atomic E-state index is 12.7. The van der Waals surface area contributed by atoms with Crippen LogP contribution >= 0.6 is 0 Å². The predicted molar refractivity (Wildman–Crippen MR) is 177 cm³/mol. The van der Waals surface area contributed by atoms with Gasteiger partial charge in [0.2, 0.25) is 17.7 Å². The van der Waals surface area contributed by atoms with E-state index < -0.39 is 29.4 Å². The van der Waals surface area contributed by atoms with Gasteiger partial charge in [-0.1, -0.05) is 11.2 Å². The Morgan fingerprint density at radius 2 is 1.75 bits per heavy atom. The van der Waals surface area contributed by atoms with Crippen LogP contribution in [0.1, 0.15) is 83.9 Å². The molecule has 48 heavy (non-hydrogen) atoms. The molecule has 2 amide bonds. The Morgan fingerprint density at radius 3 is 2.48 bits per heavy atom. The molecule has 13 heteroatoms. The Labute approximate surface area is 280 Å². The third-order valence-corrected chi connectivity index (χ3v) is 7.36. The highest BCUT2D eigenvalue weighted by molar-refractivity contribution is 5.99. The van der Waals surface area contributed by atoms with E-state index in [2.05, 4.69) is 26.5 Å². The van der Waals surface area contributed by atoms with Gasteiger partial charge in [0, 0.05) is 12.1 Å². The Morgan fingerprint density at radius 1 is 1.00 bits per heavy atom. The molecular formula is C35H45N5O8. The first-order valence-corrected chi connectivity index (χ1v) is 16.3. The Balaban J connectivity index is 1.23. The number of amides is 2. The van der Waals surface area contributed by atoms with Gasteiger partial charge in [0.05, 0.1) is 6.61 Å². The zero-order chi connectivity index (χ0) is 34.5. The maximum Gasteiger partial charge on any atom is 0.437 e. The number of alkyl carbamates (subject to hydrolysis) is 1. The van der Waals surface area contributed by atoms with Gasteiger partial charge in [0.1, 0.15) is 36.2 Å². The molecule has 1 N–H and O–H groups in total. The van der Waals surface area contributed by atoms with E-state index in [1.165, 1.54) is 5.56 Å². The van der Waals surface area contributed by atoms with E-state index in [1.54, 1.807) is 46.4 Å². The summed E-state index contributed by atoms with van der Waals surface area (Å²) in [5, 5.41) is 6.86. The first kappa shape index (κ1) is 34.5. The van der Waals surface area contributed by atoms with Gasteiger partial charge in [0.15, 0.2) is 11.5 Å². The van der Waals surface area contributed by atoms with Crippen LogP contribution in [0.4, 0.5) is 9.59 Å². The number of likely N-dealkylation sites (tertiary alicyclic amines) is 1. The third-order valence-electron chi connectivity index (χ3n) is 7.36. The molecule has 258 valence electrons. The number of carbonyl (C=O) groups excluding carboxylic acids is 2. The van der Waals surface area contributed by atoms with Gasteiger partial charge in [-0.05, 0) is 116 Å². The van der Waals surface area contributed by atoms with Crippen LogP contribution in [0.5, 0.6) is 17.2 Å². The molecular weight excluding hydrogens is 618 g/mol. The molecule has 0 bridgehead atoms. The zero-order valence-electron chi connectivity index (χ0n) is 28.8. The lowest BCUT2D eigenvalue weighted by atomic mass is 10.1. The van der Waals surface area contributed by atoms with Crippen molar-refractivity contribution in [2.24, 2.45) is 4.99 Å². The number of benzene rings is 2. The minimum atomic E-state index is -0.841. The highest BCUT2D eigenvalue weighted by Crippen LogP contribution is 2.34. The Kier molecular flexibility index (Phi) is 10.4. The second kappa shape index (κ2) is 14.5. The lowest BCUT2D eigenvalue weighted by Crippen LogP contribution is -2.46. The number of hydrogen-bond donors (Lipinski definition) is 1. The number of aliphatic imine (C=N–C) groups is 1. The van der Waals surface area contributed by atoms with Gasteiger partial charge >= 0.3 is 12.2 Å². The molecule has 1 fully saturated rings. The number of guanidine groups is 1. The number of hydrogen-bond acceptors (Lipinski definition) is 10. The van der Waals surface area contributed by atoms with Gasteiger partial charge in [-0.25, -0.2) is 9.59 Å². The normalized spacial score (nSPS) is 16.4. The number of aromatic nitrogens is 2. The van der Waals surface area contributed by atoms with Crippen LogP contribution in [0.25, 0.3) is 11.4 Å². The van der Waals surface area contributed by atoms with Crippen molar-refractivity contribution in [2.75, 3.05) is 26.4 Å².